The van der Waals surface area contributed by atoms with E-state index in [0.717, 1.165) is 44.9 Å². The van der Waals surface area contributed by atoms with E-state index in [1.54, 1.807) is 13.8 Å². The fraction of sp³-hybridized carbons (Fsp3) is 0.833. The largest absolute Gasteiger partial charge is 0.481 e. The molecule has 238 valence electrons. The van der Waals surface area contributed by atoms with Crippen LogP contribution in [0.3, 0.4) is 0 Å². The number of carboxylic acid groups (broad SMARTS) is 2. The third-order valence-electron chi connectivity index (χ3n) is 7.37. The zero-order valence-corrected chi connectivity index (χ0v) is 25.5. The number of ketones is 1. The lowest BCUT2D eigenvalue weighted by Crippen LogP contribution is -2.41. The first kappa shape index (κ1) is 38.5. The summed E-state index contributed by atoms with van der Waals surface area (Å²) in [5.41, 5.74) is 0. The second kappa shape index (κ2) is 21.2. The van der Waals surface area contributed by atoms with Crippen molar-refractivity contribution >= 4 is 29.6 Å². The normalized spacial score (nSPS) is 16.5. The van der Waals surface area contributed by atoms with Crippen LogP contribution in [0.2, 0.25) is 0 Å². The molecule has 0 radical (unpaired) electrons. The van der Waals surface area contributed by atoms with Crippen molar-refractivity contribution in [2.45, 2.75) is 142 Å². The van der Waals surface area contributed by atoms with Gasteiger partial charge in [-0.15, -0.1) is 0 Å². The molecule has 0 aliphatic carbocycles. The van der Waals surface area contributed by atoms with Crippen molar-refractivity contribution in [3.05, 3.63) is 0 Å². The van der Waals surface area contributed by atoms with E-state index in [-0.39, 0.29) is 29.9 Å². The number of aliphatic carboxylic acids is 2. The molecule has 11 nitrogen and oxygen atoms in total. The van der Waals surface area contributed by atoms with E-state index in [2.05, 4.69) is 5.32 Å². The highest BCUT2D eigenvalue weighted by molar-refractivity contribution is 5.88. The maximum atomic E-state index is 13.1. The van der Waals surface area contributed by atoms with Gasteiger partial charge in [-0.05, 0) is 32.1 Å². The molecule has 11 heteroatoms. The molecule has 0 unspecified atom stereocenters. The number of ether oxygens (including phenoxy) is 1. The van der Waals surface area contributed by atoms with E-state index in [1.165, 1.54) is 6.92 Å². The molecule has 0 aromatic heterocycles. The lowest BCUT2D eigenvalue weighted by atomic mass is 9.89. The molecule has 0 rings (SSSR count). The first-order valence-electron chi connectivity index (χ1n) is 15.0. The molecule has 5 N–H and O–H groups in total. The molecular weight excluding hydrogens is 534 g/mol. The lowest BCUT2D eigenvalue weighted by molar-refractivity contribution is -0.161. The van der Waals surface area contributed by atoms with Crippen LogP contribution in [0.25, 0.3) is 0 Å². The van der Waals surface area contributed by atoms with Gasteiger partial charge in [-0.2, -0.15) is 0 Å². The molecule has 0 aliphatic rings. The van der Waals surface area contributed by atoms with Crippen molar-refractivity contribution in [2.75, 3.05) is 0 Å². The molecular formula is C30H53NO10. The number of rotatable bonds is 24. The fourth-order valence-electron chi connectivity index (χ4n) is 4.78. The van der Waals surface area contributed by atoms with Crippen molar-refractivity contribution in [3.63, 3.8) is 0 Å². The Hall–Kier alpha value is -2.53. The third kappa shape index (κ3) is 18.5. The maximum Gasteiger partial charge on any atom is 0.307 e. The van der Waals surface area contributed by atoms with Crippen LogP contribution in [0.5, 0.6) is 0 Å². The van der Waals surface area contributed by atoms with Crippen molar-refractivity contribution in [3.8, 4) is 0 Å². The molecule has 7 atom stereocenters. The number of hydrogen-bond acceptors (Lipinski definition) is 8. The lowest BCUT2D eigenvalue weighted by Gasteiger charge is -2.24. The molecule has 0 saturated heterocycles. The highest BCUT2D eigenvalue weighted by Crippen LogP contribution is 2.23. The molecule has 1 amide bonds. The van der Waals surface area contributed by atoms with Gasteiger partial charge in [0.1, 0.15) is 0 Å². The summed E-state index contributed by atoms with van der Waals surface area (Å²) in [5, 5.41) is 41.1. The monoisotopic (exact) mass is 587 g/mol. The second-order valence-corrected chi connectivity index (χ2v) is 11.5. The first-order chi connectivity index (χ1) is 19.2. The van der Waals surface area contributed by atoms with Crippen LogP contribution in [-0.2, 0) is 28.7 Å². The van der Waals surface area contributed by atoms with E-state index in [9.17, 15) is 39.3 Å². The van der Waals surface area contributed by atoms with Gasteiger partial charge in [0.25, 0.3) is 0 Å². The summed E-state index contributed by atoms with van der Waals surface area (Å²) in [6.07, 6.45) is 3.88. The van der Waals surface area contributed by atoms with Crippen LogP contribution in [0, 0.1) is 17.8 Å². The quantitative estimate of drug-likeness (QED) is 0.0819. The number of aliphatic hydroxyl groups excluding tert-OH is 2. The number of carbonyl (C=O) groups excluding carboxylic acids is 3. The smallest absolute Gasteiger partial charge is 0.307 e. The Labute approximate surface area is 244 Å². The Kier molecular flexibility index (Phi) is 19.9. The van der Waals surface area contributed by atoms with Crippen LogP contribution in [0.4, 0.5) is 0 Å². The van der Waals surface area contributed by atoms with Crippen molar-refractivity contribution in [2.24, 2.45) is 17.8 Å². The number of unbranched alkanes of at least 4 members (excludes halogenated alkanes) is 4. The summed E-state index contributed by atoms with van der Waals surface area (Å²) in [6, 6.07) is -0.434. The predicted molar refractivity (Wildman–Crippen MR) is 153 cm³/mol. The average molecular weight is 588 g/mol. The summed E-state index contributed by atoms with van der Waals surface area (Å²) < 4.78 is 5.47. The molecule has 0 aliphatic heterocycles. The highest BCUT2D eigenvalue weighted by Gasteiger charge is 2.31. The Balaban J connectivity index is 4.78. The fourth-order valence-corrected chi connectivity index (χ4v) is 4.78. The van der Waals surface area contributed by atoms with E-state index >= 15 is 0 Å². The van der Waals surface area contributed by atoms with Crippen LogP contribution >= 0.6 is 0 Å². The number of aliphatic hydroxyl groups is 2. The number of nitrogens with one attached hydrogen (secondary N) is 1. The predicted octanol–water partition coefficient (Wildman–Crippen LogP) is 3.86. The van der Waals surface area contributed by atoms with Gasteiger partial charge in [0, 0.05) is 19.3 Å². The van der Waals surface area contributed by atoms with Gasteiger partial charge in [-0.1, -0.05) is 65.7 Å². The Morgan fingerprint density at radius 2 is 1.41 bits per heavy atom. The average Bonchev–Trinajstić information content (AvgIpc) is 2.87. The van der Waals surface area contributed by atoms with E-state index in [4.69, 9.17) is 9.84 Å². The molecule has 0 aromatic rings. The zero-order chi connectivity index (χ0) is 31.5. The van der Waals surface area contributed by atoms with Crippen molar-refractivity contribution < 1.29 is 49.1 Å². The number of esters is 1. The van der Waals surface area contributed by atoms with Gasteiger partial charge >= 0.3 is 17.9 Å². The molecule has 41 heavy (non-hydrogen) atoms. The first-order valence-corrected chi connectivity index (χ1v) is 15.0. The minimum Gasteiger partial charge on any atom is -0.481 e. The molecule has 0 bridgehead atoms. The zero-order valence-electron chi connectivity index (χ0n) is 25.5. The molecule has 0 fully saturated rings. The van der Waals surface area contributed by atoms with E-state index in [0.29, 0.717) is 19.3 Å². The Morgan fingerprint density at radius 1 is 0.805 bits per heavy atom. The van der Waals surface area contributed by atoms with E-state index in [1.807, 2.05) is 13.8 Å². The standard InChI is InChI=1S/C30H53NO10/c1-6-7-13-20(3)29(38)26(41-28(37)17-23(30(39)40)16-27(35)36)15-19(2)12-10-8-9-11-14-24(33)18-25(34)21(4)31-22(5)32/h19-21,23-26,33-34H,6-18H2,1-5H3,(H,31,32)(H,35,36)(H,39,40)/t19-,20-,21+,23+,24-,25-,26+/m0/s1. The molecule has 0 aromatic carbocycles. The van der Waals surface area contributed by atoms with Crippen molar-refractivity contribution in [1.82, 2.24) is 5.32 Å². The number of Topliss-reactive ketones (excluding diaryl/α,β-unsaturated/α-hetero) is 1. The Morgan fingerprint density at radius 3 is 1.95 bits per heavy atom. The van der Waals surface area contributed by atoms with Crippen molar-refractivity contribution in [1.29, 1.82) is 0 Å². The van der Waals surface area contributed by atoms with Crippen LogP contribution < -0.4 is 5.32 Å². The van der Waals surface area contributed by atoms with Crippen LogP contribution in [-0.4, -0.2) is 74.4 Å². The van der Waals surface area contributed by atoms with Gasteiger partial charge in [0.2, 0.25) is 5.91 Å². The molecule has 0 saturated carbocycles. The number of carbonyl (C=O) groups is 5. The minimum absolute atomic E-state index is 0.0559. The Bertz CT molecular complexity index is 817. The maximum absolute atomic E-state index is 13.1. The molecule has 0 spiro atoms. The highest BCUT2D eigenvalue weighted by atomic mass is 16.5. The van der Waals surface area contributed by atoms with Gasteiger partial charge in [-0.25, -0.2) is 0 Å². The van der Waals surface area contributed by atoms with Gasteiger partial charge in [0.05, 0.1) is 37.0 Å². The van der Waals surface area contributed by atoms with Gasteiger partial charge < -0.3 is 30.5 Å². The topological polar surface area (TPSA) is 188 Å². The van der Waals surface area contributed by atoms with Crippen LogP contribution in [0.15, 0.2) is 0 Å². The summed E-state index contributed by atoms with van der Waals surface area (Å²) >= 11 is 0. The summed E-state index contributed by atoms with van der Waals surface area (Å²) in [4.78, 5) is 59.1. The minimum atomic E-state index is -1.42. The molecule has 0 heterocycles. The van der Waals surface area contributed by atoms with Crippen LogP contribution in [0.1, 0.15) is 118 Å². The summed E-state index contributed by atoms with van der Waals surface area (Å²) in [7, 11) is 0. The summed E-state index contributed by atoms with van der Waals surface area (Å²) in [5.74, 6) is -5.74. The second-order valence-electron chi connectivity index (χ2n) is 11.5. The number of hydrogen-bond donors (Lipinski definition) is 5. The van der Waals surface area contributed by atoms with Gasteiger partial charge in [-0.3, -0.25) is 24.0 Å². The van der Waals surface area contributed by atoms with E-state index < -0.39 is 61.0 Å². The summed E-state index contributed by atoms with van der Waals surface area (Å²) in [6.45, 7) is 8.85. The SMILES string of the molecule is CCCC[C@H](C)C(=O)[C@@H](C[C@@H](C)CCCCCC[C@H](O)C[C@H](O)[C@@H](C)NC(C)=O)OC(=O)C[C@@H](CC(=O)O)C(=O)O. The number of carboxylic acids is 2. The number of amides is 1. The van der Waals surface area contributed by atoms with Gasteiger partial charge in [0.15, 0.2) is 11.9 Å². The third-order valence-corrected chi connectivity index (χ3v) is 7.37.